The van der Waals surface area contributed by atoms with Crippen LogP contribution in [0.1, 0.15) is 13.8 Å². The minimum Gasteiger partial charge on any atom is -0.351 e. The third-order valence-electron chi connectivity index (χ3n) is 1.96. The monoisotopic (exact) mass is 173 g/mol. The van der Waals surface area contributed by atoms with Crippen LogP contribution >= 0.6 is 0 Å². The third-order valence-corrected chi connectivity index (χ3v) is 1.96. The molecule has 0 spiro atoms. The van der Waals surface area contributed by atoms with Gasteiger partial charge in [-0.15, -0.1) is 0 Å². The molecule has 0 aliphatic rings. The molecule has 2 aromatic heterocycles. The van der Waals surface area contributed by atoms with E-state index in [1.54, 1.807) is 0 Å². The zero-order chi connectivity index (χ0) is 9.26. The summed E-state index contributed by atoms with van der Waals surface area (Å²) >= 11 is 0. The summed E-state index contributed by atoms with van der Waals surface area (Å²) in [5.74, 6) is 1.40. The van der Waals surface area contributed by atoms with Gasteiger partial charge >= 0.3 is 0 Å². The number of hydrogen-bond acceptors (Lipinski definition) is 1. The zero-order valence-corrected chi connectivity index (χ0v) is 7.99. The first-order chi connectivity index (χ1) is 6.25. The van der Waals surface area contributed by atoms with E-state index in [9.17, 15) is 0 Å². The Morgan fingerprint density at radius 3 is 2.92 bits per heavy atom. The Balaban J connectivity index is 2.38. The van der Waals surface area contributed by atoms with Crippen molar-refractivity contribution in [1.29, 1.82) is 0 Å². The maximum atomic E-state index is 4.28. The van der Waals surface area contributed by atoms with Crippen molar-refractivity contribution in [3.63, 3.8) is 0 Å². The Bertz CT molecular complexity index is 368. The molecule has 0 bridgehead atoms. The van der Waals surface area contributed by atoms with E-state index < -0.39 is 0 Å². The van der Waals surface area contributed by atoms with Crippen molar-refractivity contribution < 1.29 is 0 Å². The fourth-order valence-electron chi connectivity index (χ4n) is 1.48. The number of fused-ring (bicyclic) bond motifs is 1. The zero-order valence-electron chi connectivity index (χ0n) is 7.99. The van der Waals surface area contributed by atoms with Crippen molar-refractivity contribution in [1.82, 2.24) is 9.55 Å². The van der Waals surface area contributed by atoms with Gasteiger partial charge in [0.1, 0.15) is 0 Å². The summed E-state index contributed by atoms with van der Waals surface area (Å²) in [6.45, 7) is 5.26. The molecule has 2 heteroatoms. The first-order valence-corrected chi connectivity index (χ1v) is 4.45. The molecule has 0 atom stereocenters. The van der Waals surface area contributed by atoms with Crippen molar-refractivity contribution in [2.45, 2.75) is 20.4 Å². The first-order valence-electron chi connectivity index (χ1n) is 4.45. The topological polar surface area (TPSA) is 17.8 Å². The lowest BCUT2D eigenvalue weighted by Gasteiger charge is -2.03. The average Bonchev–Trinajstić information content (AvgIpc) is 2.44. The second-order valence-corrected chi connectivity index (χ2v) is 3.62. The van der Waals surface area contributed by atoms with Crippen LogP contribution in [0.15, 0.2) is 30.7 Å². The standard InChI is InChI=1S/C11H13N2/c1-9(2)6-13-7-10-4-3-5-12-11(10)8-13/h3-5,7-8H,6H2,1-2H3. The lowest BCUT2D eigenvalue weighted by atomic mass is 10.2. The summed E-state index contributed by atoms with van der Waals surface area (Å²) < 4.78 is 2.17. The molecule has 0 unspecified atom stereocenters. The largest absolute Gasteiger partial charge is 0.351 e. The Morgan fingerprint density at radius 2 is 2.23 bits per heavy atom. The highest BCUT2D eigenvalue weighted by molar-refractivity contribution is 5.77. The fourth-order valence-corrected chi connectivity index (χ4v) is 1.48. The van der Waals surface area contributed by atoms with Crippen LogP contribution in [0.5, 0.6) is 0 Å². The second kappa shape index (κ2) is 3.21. The van der Waals surface area contributed by atoms with Gasteiger partial charge in [0.25, 0.3) is 0 Å². The van der Waals surface area contributed by atoms with Crippen molar-refractivity contribution in [2.24, 2.45) is 0 Å². The summed E-state index contributed by atoms with van der Waals surface area (Å²) in [5, 5.41) is 1.21. The van der Waals surface area contributed by atoms with E-state index in [2.05, 4.69) is 41.9 Å². The van der Waals surface area contributed by atoms with E-state index in [0.29, 0.717) is 0 Å². The molecular weight excluding hydrogens is 160 g/mol. The predicted octanol–water partition coefficient (Wildman–Crippen LogP) is 2.65. The van der Waals surface area contributed by atoms with Gasteiger partial charge in [0, 0.05) is 30.5 Å². The molecule has 13 heavy (non-hydrogen) atoms. The molecule has 2 rings (SSSR count). The molecule has 2 nitrogen and oxygen atoms in total. The summed E-state index contributed by atoms with van der Waals surface area (Å²) in [4.78, 5) is 4.28. The molecule has 0 aliphatic carbocycles. The number of hydrogen-bond donors (Lipinski definition) is 0. The van der Waals surface area contributed by atoms with Crippen LogP contribution in [0.3, 0.4) is 0 Å². The molecule has 0 saturated heterocycles. The van der Waals surface area contributed by atoms with Gasteiger partial charge in [-0.2, -0.15) is 0 Å². The molecule has 0 aliphatic heterocycles. The smallest absolute Gasteiger partial charge is 0.0878 e. The summed E-state index contributed by atoms with van der Waals surface area (Å²) in [5.41, 5.74) is 1.07. The van der Waals surface area contributed by atoms with Crippen molar-refractivity contribution in [3.8, 4) is 0 Å². The molecule has 67 valence electrons. The predicted molar refractivity (Wildman–Crippen MR) is 54.3 cm³/mol. The quantitative estimate of drug-likeness (QED) is 0.682. The van der Waals surface area contributed by atoms with E-state index in [0.717, 1.165) is 12.1 Å². The van der Waals surface area contributed by atoms with Crippen LogP contribution in [-0.4, -0.2) is 9.55 Å². The van der Waals surface area contributed by atoms with Crippen LogP contribution in [-0.2, 0) is 6.54 Å². The lowest BCUT2D eigenvalue weighted by molar-refractivity contribution is 0.719. The highest BCUT2D eigenvalue weighted by Gasteiger charge is 2.00. The van der Waals surface area contributed by atoms with Crippen molar-refractivity contribution >= 4 is 10.9 Å². The molecule has 0 fully saturated rings. The first kappa shape index (κ1) is 8.30. The minimum atomic E-state index is 0.982. The molecule has 0 amide bonds. The molecular formula is C11H13N2. The highest BCUT2D eigenvalue weighted by atomic mass is 15.0. The van der Waals surface area contributed by atoms with Crippen molar-refractivity contribution in [3.05, 3.63) is 36.6 Å². The van der Waals surface area contributed by atoms with E-state index in [4.69, 9.17) is 0 Å². The average molecular weight is 173 g/mol. The summed E-state index contributed by atoms with van der Waals surface area (Å²) in [7, 11) is 0. The van der Waals surface area contributed by atoms with E-state index >= 15 is 0 Å². The number of pyridine rings is 1. The van der Waals surface area contributed by atoms with Crippen molar-refractivity contribution in [2.75, 3.05) is 0 Å². The molecule has 0 aromatic carbocycles. The van der Waals surface area contributed by atoms with E-state index in [1.807, 2.05) is 12.3 Å². The van der Waals surface area contributed by atoms with Gasteiger partial charge in [-0.1, -0.05) is 13.8 Å². The fraction of sp³-hybridized carbons (Fsp3) is 0.273. The Labute approximate surface area is 78.2 Å². The van der Waals surface area contributed by atoms with Gasteiger partial charge in [-0.25, -0.2) is 0 Å². The summed E-state index contributed by atoms with van der Waals surface area (Å²) in [6.07, 6.45) is 6.05. The van der Waals surface area contributed by atoms with Crippen LogP contribution < -0.4 is 0 Å². The van der Waals surface area contributed by atoms with Crippen LogP contribution in [0, 0.1) is 5.92 Å². The molecule has 2 aromatic rings. The molecule has 2 heterocycles. The Morgan fingerprint density at radius 1 is 1.38 bits per heavy atom. The maximum Gasteiger partial charge on any atom is 0.0878 e. The lowest BCUT2D eigenvalue weighted by Crippen LogP contribution is -1.98. The second-order valence-electron chi connectivity index (χ2n) is 3.62. The Hall–Kier alpha value is -1.31. The van der Waals surface area contributed by atoms with Gasteiger partial charge < -0.3 is 4.57 Å². The minimum absolute atomic E-state index is 0.982. The number of nitrogens with zero attached hydrogens (tertiary/aromatic N) is 2. The molecule has 0 N–H and O–H groups in total. The van der Waals surface area contributed by atoms with Gasteiger partial charge in [-0.05, 0) is 18.1 Å². The number of aromatic nitrogens is 2. The van der Waals surface area contributed by atoms with E-state index in [-0.39, 0.29) is 0 Å². The Kier molecular flexibility index (Phi) is 2.05. The SMILES string of the molecule is C[C](C)Cn1cc2cccnc2c1. The number of rotatable bonds is 2. The van der Waals surface area contributed by atoms with Gasteiger partial charge in [0.05, 0.1) is 5.52 Å². The third kappa shape index (κ3) is 1.72. The van der Waals surface area contributed by atoms with E-state index in [1.165, 1.54) is 11.3 Å². The summed E-state index contributed by atoms with van der Waals surface area (Å²) in [6, 6.07) is 4.05. The van der Waals surface area contributed by atoms with Crippen LogP contribution in [0.4, 0.5) is 0 Å². The van der Waals surface area contributed by atoms with Gasteiger partial charge in [0.15, 0.2) is 0 Å². The van der Waals surface area contributed by atoms with Gasteiger partial charge in [0.2, 0.25) is 0 Å². The highest BCUT2D eigenvalue weighted by Crippen LogP contribution is 2.13. The molecule has 0 saturated carbocycles. The normalized spacial score (nSPS) is 11.3. The van der Waals surface area contributed by atoms with Gasteiger partial charge in [-0.3, -0.25) is 4.98 Å². The molecule has 1 radical (unpaired) electrons. The van der Waals surface area contributed by atoms with Crippen LogP contribution in [0.2, 0.25) is 0 Å². The van der Waals surface area contributed by atoms with Crippen LogP contribution in [0.25, 0.3) is 10.9 Å². The maximum absolute atomic E-state index is 4.28.